The van der Waals surface area contributed by atoms with Crippen LogP contribution in [0.3, 0.4) is 0 Å². The zero-order valence-electron chi connectivity index (χ0n) is 9.24. The number of aromatic nitrogens is 3. The van der Waals surface area contributed by atoms with Crippen molar-refractivity contribution in [3.63, 3.8) is 0 Å². The van der Waals surface area contributed by atoms with Crippen molar-refractivity contribution in [2.24, 2.45) is 0 Å². The lowest BCUT2D eigenvalue weighted by atomic mass is 10.0. The van der Waals surface area contributed by atoms with Crippen LogP contribution in [0.5, 0.6) is 0 Å². The van der Waals surface area contributed by atoms with Crippen LogP contribution in [0.15, 0.2) is 36.7 Å². The molecule has 1 N–H and O–H groups in total. The molecule has 84 valence electrons. The molecular formula is C13H10ClN3. The first kappa shape index (κ1) is 10.3. The number of fused-ring (bicyclic) bond motifs is 1. The fourth-order valence-electron chi connectivity index (χ4n) is 1.94. The number of halogens is 1. The molecule has 17 heavy (non-hydrogen) atoms. The van der Waals surface area contributed by atoms with Crippen molar-refractivity contribution in [1.82, 2.24) is 15.2 Å². The number of nitrogens with zero attached hydrogens (tertiary/aromatic N) is 2. The third-order valence-electron chi connectivity index (χ3n) is 2.74. The van der Waals surface area contributed by atoms with Crippen molar-refractivity contribution in [1.29, 1.82) is 0 Å². The number of nitrogens with one attached hydrogen (secondary N) is 1. The molecule has 0 aliphatic carbocycles. The molecule has 0 unspecified atom stereocenters. The number of aromatic amines is 1. The number of pyridine rings is 1. The monoisotopic (exact) mass is 243 g/mol. The molecule has 0 aliphatic heterocycles. The SMILES string of the molecule is Cc1ccc2c(-c3cn[nH]c3)cc(Cl)nc2c1. The Morgan fingerprint density at radius 3 is 2.88 bits per heavy atom. The van der Waals surface area contributed by atoms with Gasteiger partial charge in [0.1, 0.15) is 5.15 Å². The molecule has 3 rings (SSSR count). The molecule has 3 aromatic rings. The fraction of sp³-hybridized carbons (Fsp3) is 0.0769. The van der Waals surface area contributed by atoms with Gasteiger partial charge in [0.25, 0.3) is 0 Å². The summed E-state index contributed by atoms with van der Waals surface area (Å²) in [7, 11) is 0. The van der Waals surface area contributed by atoms with Gasteiger partial charge < -0.3 is 0 Å². The van der Waals surface area contributed by atoms with E-state index in [1.807, 2.05) is 25.3 Å². The summed E-state index contributed by atoms with van der Waals surface area (Å²) in [5.74, 6) is 0. The van der Waals surface area contributed by atoms with Gasteiger partial charge in [-0.2, -0.15) is 5.10 Å². The van der Waals surface area contributed by atoms with Gasteiger partial charge in [0.2, 0.25) is 0 Å². The smallest absolute Gasteiger partial charge is 0.130 e. The molecule has 1 aromatic carbocycles. The Balaban J connectivity index is 2.38. The minimum atomic E-state index is 0.499. The van der Waals surface area contributed by atoms with E-state index in [0.717, 1.165) is 22.0 Å². The van der Waals surface area contributed by atoms with Crippen molar-refractivity contribution in [3.05, 3.63) is 47.4 Å². The van der Waals surface area contributed by atoms with Gasteiger partial charge in [0.15, 0.2) is 0 Å². The van der Waals surface area contributed by atoms with E-state index >= 15 is 0 Å². The van der Waals surface area contributed by atoms with Crippen molar-refractivity contribution in [2.75, 3.05) is 0 Å². The second kappa shape index (κ2) is 3.86. The number of hydrogen-bond donors (Lipinski definition) is 1. The molecule has 0 amide bonds. The summed E-state index contributed by atoms with van der Waals surface area (Å²) in [6.45, 7) is 2.04. The van der Waals surface area contributed by atoms with Crippen LogP contribution in [0.4, 0.5) is 0 Å². The molecule has 0 atom stereocenters. The highest BCUT2D eigenvalue weighted by molar-refractivity contribution is 6.30. The van der Waals surface area contributed by atoms with Crippen LogP contribution in [-0.4, -0.2) is 15.2 Å². The Hall–Kier alpha value is -1.87. The molecule has 0 aliphatic rings. The number of aryl methyl sites for hydroxylation is 1. The third kappa shape index (κ3) is 1.78. The summed E-state index contributed by atoms with van der Waals surface area (Å²) in [6.07, 6.45) is 3.63. The highest BCUT2D eigenvalue weighted by atomic mass is 35.5. The van der Waals surface area contributed by atoms with Crippen LogP contribution >= 0.6 is 11.6 Å². The standard InChI is InChI=1S/C13H10ClN3/c1-8-2-3-10-11(9-6-15-16-7-9)5-13(14)17-12(10)4-8/h2-7H,1H3,(H,15,16). The van der Waals surface area contributed by atoms with Gasteiger partial charge in [-0.25, -0.2) is 4.98 Å². The molecule has 0 bridgehead atoms. The zero-order valence-corrected chi connectivity index (χ0v) is 9.99. The van der Waals surface area contributed by atoms with Crippen LogP contribution in [0.2, 0.25) is 5.15 Å². The largest absolute Gasteiger partial charge is 0.285 e. The zero-order chi connectivity index (χ0) is 11.8. The van der Waals surface area contributed by atoms with Gasteiger partial charge >= 0.3 is 0 Å². The Morgan fingerprint density at radius 2 is 2.12 bits per heavy atom. The van der Waals surface area contributed by atoms with Crippen LogP contribution < -0.4 is 0 Å². The molecule has 0 fully saturated rings. The molecule has 0 saturated heterocycles. The second-order valence-electron chi connectivity index (χ2n) is 4.00. The van der Waals surface area contributed by atoms with Crippen molar-refractivity contribution >= 4 is 22.5 Å². The van der Waals surface area contributed by atoms with Gasteiger partial charge in [-0.15, -0.1) is 0 Å². The molecule has 0 radical (unpaired) electrons. The molecule has 4 heteroatoms. The van der Waals surface area contributed by atoms with Crippen LogP contribution in [-0.2, 0) is 0 Å². The third-order valence-corrected chi connectivity index (χ3v) is 2.94. The van der Waals surface area contributed by atoms with Gasteiger partial charge in [-0.1, -0.05) is 23.7 Å². The first-order valence-electron chi connectivity index (χ1n) is 5.30. The van der Waals surface area contributed by atoms with Crippen molar-refractivity contribution in [2.45, 2.75) is 6.92 Å². The highest BCUT2D eigenvalue weighted by Gasteiger charge is 2.07. The lowest BCUT2D eigenvalue weighted by Gasteiger charge is -2.05. The highest BCUT2D eigenvalue weighted by Crippen LogP contribution is 2.29. The predicted octanol–water partition coefficient (Wildman–Crippen LogP) is 3.59. The summed E-state index contributed by atoms with van der Waals surface area (Å²) in [5, 5.41) is 8.36. The van der Waals surface area contributed by atoms with E-state index in [4.69, 9.17) is 11.6 Å². The van der Waals surface area contributed by atoms with E-state index in [2.05, 4.69) is 27.3 Å². The number of benzene rings is 1. The maximum absolute atomic E-state index is 6.05. The maximum Gasteiger partial charge on any atom is 0.130 e. The van der Waals surface area contributed by atoms with E-state index in [-0.39, 0.29) is 0 Å². The van der Waals surface area contributed by atoms with Crippen molar-refractivity contribution < 1.29 is 0 Å². The van der Waals surface area contributed by atoms with Crippen LogP contribution in [0.25, 0.3) is 22.0 Å². The molecule has 3 nitrogen and oxygen atoms in total. The van der Waals surface area contributed by atoms with E-state index in [1.165, 1.54) is 5.56 Å². The van der Waals surface area contributed by atoms with Gasteiger partial charge in [-0.3, -0.25) is 5.10 Å². The van der Waals surface area contributed by atoms with Gasteiger partial charge in [0.05, 0.1) is 11.7 Å². The lowest BCUT2D eigenvalue weighted by Crippen LogP contribution is -1.86. The van der Waals surface area contributed by atoms with Crippen molar-refractivity contribution in [3.8, 4) is 11.1 Å². The minimum absolute atomic E-state index is 0.499. The average molecular weight is 244 g/mol. The summed E-state index contributed by atoms with van der Waals surface area (Å²) in [5.41, 5.74) is 4.15. The number of rotatable bonds is 1. The average Bonchev–Trinajstić information content (AvgIpc) is 2.80. The molecule has 2 heterocycles. The number of hydrogen-bond acceptors (Lipinski definition) is 2. The van der Waals surface area contributed by atoms with Crippen LogP contribution in [0, 0.1) is 6.92 Å². The minimum Gasteiger partial charge on any atom is -0.285 e. The van der Waals surface area contributed by atoms with Crippen LogP contribution in [0.1, 0.15) is 5.56 Å². The summed E-state index contributed by atoms with van der Waals surface area (Å²) >= 11 is 6.05. The normalized spacial score (nSPS) is 10.9. The predicted molar refractivity (Wildman–Crippen MR) is 69.1 cm³/mol. The summed E-state index contributed by atoms with van der Waals surface area (Å²) in [6, 6.07) is 8.03. The van der Waals surface area contributed by atoms with E-state index < -0.39 is 0 Å². The van der Waals surface area contributed by atoms with Gasteiger partial charge in [0, 0.05) is 17.1 Å². The van der Waals surface area contributed by atoms with E-state index in [1.54, 1.807) is 6.20 Å². The Kier molecular flexibility index (Phi) is 2.34. The van der Waals surface area contributed by atoms with E-state index in [0.29, 0.717) is 5.15 Å². The fourth-order valence-corrected chi connectivity index (χ4v) is 2.14. The maximum atomic E-state index is 6.05. The molecule has 2 aromatic heterocycles. The first-order valence-corrected chi connectivity index (χ1v) is 5.68. The van der Waals surface area contributed by atoms with E-state index in [9.17, 15) is 0 Å². The Morgan fingerprint density at radius 1 is 1.24 bits per heavy atom. The molecule has 0 saturated carbocycles. The Bertz CT molecular complexity index is 669. The second-order valence-corrected chi connectivity index (χ2v) is 4.39. The number of H-pyrrole nitrogens is 1. The summed E-state index contributed by atoms with van der Waals surface area (Å²) < 4.78 is 0. The molecule has 0 spiro atoms. The molecular weight excluding hydrogens is 234 g/mol. The quantitative estimate of drug-likeness (QED) is 0.664. The summed E-state index contributed by atoms with van der Waals surface area (Å²) in [4.78, 5) is 4.34. The topological polar surface area (TPSA) is 41.6 Å². The Labute approximate surface area is 103 Å². The van der Waals surface area contributed by atoms with Gasteiger partial charge in [-0.05, 0) is 30.2 Å². The lowest BCUT2D eigenvalue weighted by molar-refractivity contribution is 1.09. The first-order chi connectivity index (χ1) is 8.24.